The van der Waals surface area contributed by atoms with E-state index in [1.54, 1.807) is 48.7 Å². The van der Waals surface area contributed by atoms with Gasteiger partial charge in [-0.3, -0.25) is 9.59 Å². The second-order valence-electron chi connectivity index (χ2n) is 9.05. The number of halogens is 3. The number of aromatic nitrogens is 1. The van der Waals surface area contributed by atoms with Gasteiger partial charge in [0.05, 0.1) is 6.26 Å². The fourth-order valence-electron chi connectivity index (χ4n) is 4.05. The number of carbonyl (C=O) groups excluding carboxylic acids is 2. The number of fused-ring (bicyclic) bond motifs is 1. The van der Waals surface area contributed by atoms with Crippen LogP contribution in [0.2, 0.25) is 0 Å². The van der Waals surface area contributed by atoms with E-state index in [-0.39, 0.29) is 5.76 Å². The fourth-order valence-corrected chi connectivity index (χ4v) is 4.05. The lowest BCUT2D eigenvalue weighted by Gasteiger charge is -2.23. The van der Waals surface area contributed by atoms with Gasteiger partial charge in [-0.1, -0.05) is 6.07 Å². The molecule has 0 radical (unpaired) electrons. The number of pyridine rings is 1. The Hall–Kier alpha value is -5.11. The normalized spacial score (nSPS) is 12.4. The molecule has 0 bridgehead atoms. The number of nitrogens with zero attached hydrogens (tertiary/aromatic N) is 2. The number of nitrogen functional groups attached to an aromatic ring is 1. The van der Waals surface area contributed by atoms with E-state index in [4.69, 9.17) is 20.1 Å². The second kappa shape index (κ2) is 14.2. The van der Waals surface area contributed by atoms with Gasteiger partial charge in [0.25, 0.3) is 11.8 Å². The van der Waals surface area contributed by atoms with Crippen LogP contribution in [0.4, 0.5) is 30.4 Å². The summed E-state index contributed by atoms with van der Waals surface area (Å²) in [6.45, 7) is 5.83. The molecule has 0 aliphatic rings. The van der Waals surface area contributed by atoms with Gasteiger partial charge in [0.1, 0.15) is 17.6 Å². The Morgan fingerprint density at radius 3 is 2.26 bits per heavy atom. The lowest BCUT2D eigenvalue weighted by Crippen LogP contribution is -2.42. The number of hydrogen-bond acceptors (Lipinski definition) is 8. The molecule has 0 aliphatic carbocycles. The van der Waals surface area contributed by atoms with Crippen LogP contribution in [-0.2, 0) is 9.59 Å². The van der Waals surface area contributed by atoms with Gasteiger partial charge >= 0.3 is 12.1 Å². The molecule has 0 saturated heterocycles. The first-order valence-corrected chi connectivity index (χ1v) is 13.0. The largest absolute Gasteiger partial charge is 0.490 e. The zero-order valence-corrected chi connectivity index (χ0v) is 23.1. The van der Waals surface area contributed by atoms with Crippen molar-refractivity contribution in [2.45, 2.75) is 32.2 Å². The molecule has 4 aromatic rings. The molecule has 228 valence electrons. The molecule has 0 spiro atoms. The number of amides is 2. The van der Waals surface area contributed by atoms with Crippen molar-refractivity contribution in [3.63, 3.8) is 0 Å². The Balaban J connectivity index is 0.000000646. The number of alkyl halides is 3. The highest BCUT2D eigenvalue weighted by atomic mass is 19.4. The van der Waals surface area contributed by atoms with Crippen molar-refractivity contribution >= 4 is 45.7 Å². The number of nitrogens with one attached hydrogen (secondary N) is 2. The lowest BCUT2D eigenvalue weighted by molar-refractivity contribution is -0.192. The maximum absolute atomic E-state index is 13.0. The van der Waals surface area contributed by atoms with E-state index in [1.807, 2.05) is 18.2 Å². The van der Waals surface area contributed by atoms with E-state index < -0.39 is 36.1 Å². The quantitative estimate of drug-likeness (QED) is 0.187. The predicted molar refractivity (Wildman–Crippen MR) is 153 cm³/mol. The van der Waals surface area contributed by atoms with Crippen LogP contribution in [0.25, 0.3) is 10.8 Å². The molecular weight excluding hydrogens is 571 g/mol. The standard InChI is InChI=1S/C27H29N5O4.C2HF3O2/c1-3-32(4-2)20-11-8-18(9-12-20)26(34)31-23(22-6-5-15-36-22)24(33)27(35)30-19-10-7-17-13-14-29-25(28)21(17)16-19;3-2(4,5)1(6)7/h5-16,23-24,33H,3-4H2,1-2H3,(H2,28,29)(H,30,35)(H,31,34);(H,6,7)/t23-,24+;/m0./s1. The summed E-state index contributed by atoms with van der Waals surface area (Å²) in [4.78, 5) is 41.1. The molecule has 14 heteroatoms. The first kappa shape index (κ1) is 32.4. The van der Waals surface area contributed by atoms with Crippen LogP contribution in [0, 0.1) is 0 Å². The molecule has 43 heavy (non-hydrogen) atoms. The molecule has 6 N–H and O–H groups in total. The molecule has 2 amide bonds. The predicted octanol–water partition coefficient (Wildman–Crippen LogP) is 4.36. The summed E-state index contributed by atoms with van der Waals surface area (Å²) in [5.74, 6) is -3.34. The molecule has 0 fully saturated rings. The highest BCUT2D eigenvalue weighted by Gasteiger charge is 2.38. The van der Waals surface area contributed by atoms with E-state index in [2.05, 4.69) is 34.4 Å². The van der Waals surface area contributed by atoms with Crippen LogP contribution in [0.15, 0.2) is 77.5 Å². The number of rotatable bonds is 9. The highest BCUT2D eigenvalue weighted by Crippen LogP contribution is 2.25. The Labute approximate surface area is 244 Å². The molecule has 0 aliphatic heterocycles. The first-order chi connectivity index (χ1) is 20.3. The SMILES string of the molecule is CCN(CC)c1ccc(C(=O)N[C@@H](c2ccco2)[C@@H](O)C(=O)Nc2ccc3ccnc(N)c3c2)cc1.O=C(O)C(F)(F)F. The zero-order chi connectivity index (χ0) is 31.7. The molecule has 2 heterocycles. The Bertz CT molecular complexity index is 1540. The van der Waals surface area contributed by atoms with Crippen LogP contribution in [-0.4, -0.2) is 58.4 Å². The molecule has 11 nitrogen and oxygen atoms in total. The number of aliphatic hydroxyl groups is 1. The molecule has 0 unspecified atom stereocenters. The number of hydrogen-bond donors (Lipinski definition) is 5. The van der Waals surface area contributed by atoms with Gasteiger partial charge in [0.15, 0.2) is 6.10 Å². The average molecular weight is 602 g/mol. The molecule has 0 saturated carbocycles. The summed E-state index contributed by atoms with van der Waals surface area (Å²) in [6, 6.07) is 16.2. The Kier molecular flexibility index (Phi) is 10.7. The summed E-state index contributed by atoms with van der Waals surface area (Å²) >= 11 is 0. The van der Waals surface area contributed by atoms with Crippen molar-refractivity contribution in [1.82, 2.24) is 10.3 Å². The number of carboxylic acids is 1. The van der Waals surface area contributed by atoms with Gasteiger partial charge < -0.3 is 35.9 Å². The second-order valence-corrected chi connectivity index (χ2v) is 9.05. The summed E-state index contributed by atoms with van der Waals surface area (Å²) in [5, 5.41) is 25.0. The van der Waals surface area contributed by atoms with E-state index in [1.165, 1.54) is 6.26 Å². The maximum atomic E-state index is 13.0. The van der Waals surface area contributed by atoms with Crippen molar-refractivity contribution in [3.05, 3.63) is 84.4 Å². The molecular formula is C29H30F3N5O6. The van der Waals surface area contributed by atoms with Crippen molar-refractivity contribution in [1.29, 1.82) is 0 Å². The summed E-state index contributed by atoms with van der Waals surface area (Å²) in [6.07, 6.45) is -3.69. The monoisotopic (exact) mass is 601 g/mol. The van der Waals surface area contributed by atoms with E-state index >= 15 is 0 Å². The van der Waals surface area contributed by atoms with Gasteiger partial charge in [-0.05, 0) is 73.8 Å². The van der Waals surface area contributed by atoms with Crippen LogP contribution in [0.3, 0.4) is 0 Å². The first-order valence-electron chi connectivity index (χ1n) is 13.0. The van der Waals surface area contributed by atoms with Gasteiger partial charge in [-0.2, -0.15) is 13.2 Å². The molecule has 2 aromatic carbocycles. The number of anilines is 3. The number of furan rings is 1. The number of carbonyl (C=O) groups is 3. The minimum absolute atomic E-state index is 0.248. The number of aliphatic carboxylic acids is 1. The fraction of sp³-hybridized carbons (Fsp3) is 0.241. The minimum atomic E-state index is -5.08. The number of aliphatic hydroxyl groups excluding tert-OH is 1. The highest BCUT2D eigenvalue weighted by molar-refractivity contribution is 6.00. The van der Waals surface area contributed by atoms with Crippen molar-refractivity contribution < 1.29 is 42.2 Å². The van der Waals surface area contributed by atoms with Gasteiger partial charge in [-0.15, -0.1) is 0 Å². The van der Waals surface area contributed by atoms with Crippen molar-refractivity contribution in [2.75, 3.05) is 29.0 Å². The average Bonchev–Trinajstić information content (AvgIpc) is 3.51. The molecule has 4 rings (SSSR count). The third-order valence-electron chi connectivity index (χ3n) is 6.29. The van der Waals surface area contributed by atoms with E-state index in [0.717, 1.165) is 24.2 Å². The van der Waals surface area contributed by atoms with Crippen LogP contribution < -0.4 is 21.3 Å². The third-order valence-corrected chi connectivity index (χ3v) is 6.29. The summed E-state index contributed by atoms with van der Waals surface area (Å²) in [7, 11) is 0. The maximum Gasteiger partial charge on any atom is 0.490 e. The number of nitrogens with two attached hydrogens (primary N) is 1. The number of benzene rings is 2. The van der Waals surface area contributed by atoms with Crippen molar-refractivity contribution in [2.24, 2.45) is 0 Å². The summed E-state index contributed by atoms with van der Waals surface area (Å²) < 4.78 is 37.2. The minimum Gasteiger partial charge on any atom is -0.475 e. The van der Waals surface area contributed by atoms with E-state index in [9.17, 15) is 27.9 Å². The van der Waals surface area contributed by atoms with Crippen LogP contribution in [0.1, 0.15) is 36.0 Å². The van der Waals surface area contributed by atoms with Crippen LogP contribution >= 0.6 is 0 Å². The van der Waals surface area contributed by atoms with Crippen LogP contribution in [0.5, 0.6) is 0 Å². The topological polar surface area (TPSA) is 171 Å². The number of carboxylic acid groups (broad SMARTS) is 1. The summed E-state index contributed by atoms with van der Waals surface area (Å²) in [5.41, 5.74) is 7.78. The molecule has 2 aromatic heterocycles. The third kappa shape index (κ3) is 8.45. The van der Waals surface area contributed by atoms with Gasteiger partial charge in [0.2, 0.25) is 0 Å². The van der Waals surface area contributed by atoms with Gasteiger partial charge in [0, 0.05) is 41.6 Å². The zero-order valence-electron chi connectivity index (χ0n) is 23.1. The van der Waals surface area contributed by atoms with E-state index in [0.29, 0.717) is 22.5 Å². The Morgan fingerprint density at radius 1 is 1.05 bits per heavy atom. The Morgan fingerprint density at radius 2 is 1.70 bits per heavy atom. The smallest absolute Gasteiger partial charge is 0.475 e. The van der Waals surface area contributed by atoms with Crippen molar-refractivity contribution in [3.8, 4) is 0 Å². The lowest BCUT2D eigenvalue weighted by atomic mass is 10.1. The van der Waals surface area contributed by atoms with Gasteiger partial charge in [-0.25, -0.2) is 9.78 Å². The molecule has 2 atom stereocenters.